The second kappa shape index (κ2) is 9.16. The van der Waals surface area contributed by atoms with Gasteiger partial charge in [0, 0.05) is 17.3 Å². The van der Waals surface area contributed by atoms with E-state index in [9.17, 15) is 9.59 Å². The molecular formula is C31H23NO2. The highest BCUT2D eigenvalue weighted by atomic mass is 16.1. The molecule has 0 aliphatic rings. The standard InChI is InChI=1S/C31H23NO2/c1-22-19-20-32-26(21-22)29(27(33)18-17-23-11-5-2-6-12-23)28(24-13-7-3-8-14-24)30(32)31(34)25-15-9-4-10-16-25/h2-21H,1H3/b18-17+. The van der Waals surface area contributed by atoms with Crippen LogP contribution in [0, 0.1) is 6.92 Å². The van der Waals surface area contributed by atoms with Gasteiger partial charge in [0.25, 0.3) is 0 Å². The molecule has 5 aromatic rings. The molecule has 2 aromatic heterocycles. The van der Waals surface area contributed by atoms with E-state index in [0.717, 1.165) is 22.2 Å². The van der Waals surface area contributed by atoms with Gasteiger partial charge in [0.05, 0.1) is 11.1 Å². The number of fused-ring (bicyclic) bond motifs is 1. The van der Waals surface area contributed by atoms with Crippen LogP contribution >= 0.6 is 0 Å². The fraction of sp³-hybridized carbons (Fsp3) is 0.0323. The lowest BCUT2D eigenvalue weighted by Crippen LogP contribution is -2.07. The van der Waals surface area contributed by atoms with E-state index in [1.165, 1.54) is 0 Å². The topological polar surface area (TPSA) is 38.5 Å². The minimum atomic E-state index is -0.141. The second-order valence-corrected chi connectivity index (χ2v) is 8.23. The number of pyridine rings is 1. The van der Waals surface area contributed by atoms with Crippen LogP contribution in [0.4, 0.5) is 0 Å². The van der Waals surface area contributed by atoms with E-state index in [2.05, 4.69) is 0 Å². The number of nitrogens with zero attached hydrogens (tertiary/aromatic N) is 1. The molecule has 0 saturated carbocycles. The van der Waals surface area contributed by atoms with Crippen LogP contribution in [0.3, 0.4) is 0 Å². The Morgan fingerprint density at radius 3 is 2.06 bits per heavy atom. The van der Waals surface area contributed by atoms with E-state index in [1.54, 1.807) is 6.08 Å². The first kappa shape index (κ1) is 21.4. The third kappa shape index (κ3) is 4.00. The molecule has 0 radical (unpaired) electrons. The summed E-state index contributed by atoms with van der Waals surface area (Å²) in [6.45, 7) is 1.99. The summed E-state index contributed by atoms with van der Waals surface area (Å²) < 4.78 is 1.86. The number of allylic oxidation sites excluding steroid dienone is 1. The van der Waals surface area contributed by atoms with Crippen LogP contribution in [0.25, 0.3) is 22.7 Å². The smallest absolute Gasteiger partial charge is 0.210 e. The first-order valence-electron chi connectivity index (χ1n) is 11.2. The van der Waals surface area contributed by atoms with E-state index in [4.69, 9.17) is 0 Å². The minimum absolute atomic E-state index is 0.121. The van der Waals surface area contributed by atoms with Crippen LogP contribution in [0.15, 0.2) is 115 Å². The van der Waals surface area contributed by atoms with Crippen molar-refractivity contribution in [3.63, 3.8) is 0 Å². The van der Waals surface area contributed by atoms with Crippen LogP contribution in [-0.4, -0.2) is 16.0 Å². The molecule has 0 amide bonds. The normalized spacial score (nSPS) is 11.2. The number of aryl methyl sites for hydroxylation is 1. The zero-order valence-electron chi connectivity index (χ0n) is 18.8. The van der Waals surface area contributed by atoms with Crippen molar-refractivity contribution < 1.29 is 9.59 Å². The number of ketones is 2. The molecule has 0 fully saturated rings. The summed E-state index contributed by atoms with van der Waals surface area (Å²) in [6, 6.07) is 32.5. The molecule has 0 saturated heterocycles. The van der Waals surface area contributed by atoms with Crippen LogP contribution in [0.5, 0.6) is 0 Å². The first-order chi connectivity index (χ1) is 16.6. The quantitative estimate of drug-likeness (QED) is 0.209. The van der Waals surface area contributed by atoms with Gasteiger partial charge in [0.2, 0.25) is 5.78 Å². The number of hydrogen-bond donors (Lipinski definition) is 0. The van der Waals surface area contributed by atoms with Gasteiger partial charge in [-0.2, -0.15) is 0 Å². The Kier molecular flexibility index (Phi) is 5.75. The molecule has 0 N–H and O–H groups in total. The molecule has 0 bridgehead atoms. The van der Waals surface area contributed by atoms with Crippen molar-refractivity contribution in [2.45, 2.75) is 6.92 Å². The Labute approximate surface area is 198 Å². The molecule has 3 heteroatoms. The van der Waals surface area contributed by atoms with Gasteiger partial charge in [-0.3, -0.25) is 9.59 Å². The third-order valence-corrected chi connectivity index (χ3v) is 5.88. The SMILES string of the molecule is Cc1ccn2c(C(=O)c3ccccc3)c(-c3ccccc3)c(C(=O)/C=C/c3ccccc3)c2c1. The van der Waals surface area contributed by atoms with Crippen molar-refractivity contribution in [3.05, 3.63) is 143 Å². The molecule has 3 aromatic carbocycles. The Morgan fingerprint density at radius 2 is 1.38 bits per heavy atom. The fourth-order valence-corrected chi connectivity index (χ4v) is 4.26. The van der Waals surface area contributed by atoms with Crippen molar-refractivity contribution in [2.75, 3.05) is 0 Å². The first-order valence-corrected chi connectivity index (χ1v) is 11.2. The molecule has 0 aliphatic heterocycles. The lowest BCUT2D eigenvalue weighted by molar-refractivity contribution is 0.103. The molecule has 0 aliphatic carbocycles. The molecule has 0 unspecified atom stereocenters. The van der Waals surface area contributed by atoms with Crippen molar-refractivity contribution in [3.8, 4) is 11.1 Å². The highest BCUT2D eigenvalue weighted by molar-refractivity contribution is 6.22. The summed E-state index contributed by atoms with van der Waals surface area (Å²) in [6.07, 6.45) is 5.29. The number of carbonyl (C=O) groups is 2. The van der Waals surface area contributed by atoms with Gasteiger partial charge in [-0.1, -0.05) is 97.1 Å². The molecule has 3 nitrogen and oxygen atoms in total. The van der Waals surface area contributed by atoms with Gasteiger partial charge >= 0.3 is 0 Å². The second-order valence-electron chi connectivity index (χ2n) is 8.23. The van der Waals surface area contributed by atoms with Gasteiger partial charge in [-0.15, -0.1) is 0 Å². The molecular weight excluding hydrogens is 418 g/mol. The molecule has 0 atom stereocenters. The number of aromatic nitrogens is 1. The van der Waals surface area contributed by atoms with Gasteiger partial charge in [-0.25, -0.2) is 0 Å². The molecule has 164 valence electrons. The predicted octanol–water partition coefficient (Wildman–Crippen LogP) is 7.04. The van der Waals surface area contributed by atoms with E-state index >= 15 is 0 Å². The van der Waals surface area contributed by atoms with Crippen LogP contribution < -0.4 is 0 Å². The summed E-state index contributed by atoms with van der Waals surface area (Å²) in [5, 5.41) is 0. The maximum atomic E-state index is 13.8. The number of hydrogen-bond acceptors (Lipinski definition) is 2. The Hall–Kier alpha value is -4.50. The van der Waals surface area contributed by atoms with E-state index < -0.39 is 0 Å². The number of carbonyl (C=O) groups excluding carboxylic acids is 2. The maximum Gasteiger partial charge on any atom is 0.210 e. The van der Waals surface area contributed by atoms with E-state index in [1.807, 2.05) is 127 Å². The van der Waals surface area contributed by atoms with Gasteiger partial charge in [-0.05, 0) is 41.8 Å². The van der Waals surface area contributed by atoms with Crippen molar-refractivity contribution >= 4 is 23.2 Å². The average molecular weight is 442 g/mol. The monoisotopic (exact) mass is 441 g/mol. The summed E-state index contributed by atoms with van der Waals surface area (Å²) in [5.41, 5.74) is 5.77. The Morgan fingerprint density at radius 1 is 0.765 bits per heavy atom. The highest BCUT2D eigenvalue weighted by Gasteiger charge is 2.27. The van der Waals surface area contributed by atoms with Crippen LogP contribution in [0.1, 0.15) is 37.5 Å². The van der Waals surface area contributed by atoms with Crippen LogP contribution in [-0.2, 0) is 0 Å². The summed E-state index contributed by atoms with van der Waals surface area (Å²) in [7, 11) is 0. The Balaban J connectivity index is 1.79. The Bertz CT molecular complexity index is 1510. The van der Waals surface area contributed by atoms with Crippen molar-refractivity contribution in [2.24, 2.45) is 0 Å². The van der Waals surface area contributed by atoms with Crippen molar-refractivity contribution in [1.82, 2.24) is 4.40 Å². The lowest BCUT2D eigenvalue weighted by atomic mass is 9.94. The summed E-state index contributed by atoms with van der Waals surface area (Å²) in [5.74, 6) is -0.262. The molecule has 5 rings (SSSR count). The zero-order valence-corrected chi connectivity index (χ0v) is 18.8. The largest absolute Gasteiger partial charge is 0.312 e. The maximum absolute atomic E-state index is 13.8. The highest BCUT2D eigenvalue weighted by Crippen LogP contribution is 2.36. The average Bonchev–Trinajstić information content (AvgIpc) is 3.22. The minimum Gasteiger partial charge on any atom is -0.312 e. The van der Waals surface area contributed by atoms with Crippen molar-refractivity contribution in [1.29, 1.82) is 0 Å². The number of benzene rings is 3. The van der Waals surface area contributed by atoms with E-state index in [-0.39, 0.29) is 11.6 Å². The lowest BCUT2D eigenvalue weighted by Gasteiger charge is -2.08. The number of rotatable bonds is 6. The van der Waals surface area contributed by atoms with Gasteiger partial charge < -0.3 is 4.40 Å². The fourth-order valence-electron chi connectivity index (χ4n) is 4.26. The van der Waals surface area contributed by atoms with E-state index in [0.29, 0.717) is 22.4 Å². The molecule has 2 heterocycles. The predicted molar refractivity (Wildman–Crippen MR) is 137 cm³/mol. The zero-order chi connectivity index (χ0) is 23.5. The van der Waals surface area contributed by atoms with Crippen LogP contribution in [0.2, 0.25) is 0 Å². The summed E-state index contributed by atoms with van der Waals surface area (Å²) in [4.78, 5) is 27.5. The van der Waals surface area contributed by atoms with Gasteiger partial charge in [0.15, 0.2) is 5.78 Å². The third-order valence-electron chi connectivity index (χ3n) is 5.88. The molecule has 34 heavy (non-hydrogen) atoms. The summed E-state index contributed by atoms with van der Waals surface area (Å²) >= 11 is 0. The van der Waals surface area contributed by atoms with Gasteiger partial charge in [0.1, 0.15) is 5.69 Å². The molecule has 0 spiro atoms.